The monoisotopic (exact) mass is 434 g/mol. The van der Waals surface area contributed by atoms with Crippen molar-refractivity contribution < 1.29 is 4.79 Å². The average molecular weight is 435 g/mol. The molecule has 0 spiro atoms. The average Bonchev–Trinajstić information content (AvgIpc) is 2.80. The van der Waals surface area contributed by atoms with E-state index < -0.39 is 17.7 Å². The molecule has 2 unspecified atom stereocenters. The van der Waals surface area contributed by atoms with Crippen LogP contribution in [-0.2, 0) is 4.79 Å². The van der Waals surface area contributed by atoms with Crippen molar-refractivity contribution in [2.24, 2.45) is 11.8 Å². The fraction of sp³-hybridized carbons (Fsp3) is 0.500. The SMILES string of the molecule is CCN(CC)c1ccc(C2c3c(nc(N4CCC(C)CC4)[nH]c3=O)NC(=O)C2C#N)cc1. The number of anilines is 3. The van der Waals surface area contributed by atoms with Crippen molar-refractivity contribution in [3.63, 3.8) is 0 Å². The summed E-state index contributed by atoms with van der Waals surface area (Å²) in [4.78, 5) is 37.8. The Kier molecular flexibility index (Phi) is 6.17. The third-order valence-corrected chi connectivity index (χ3v) is 6.71. The van der Waals surface area contributed by atoms with Crippen molar-refractivity contribution in [2.75, 3.05) is 41.3 Å². The summed E-state index contributed by atoms with van der Waals surface area (Å²) in [5.41, 5.74) is 1.87. The summed E-state index contributed by atoms with van der Waals surface area (Å²) in [7, 11) is 0. The first-order chi connectivity index (χ1) is 15.5. The second kappa shape index (κ2) is 9.03. The number of piperidine rings is 1. The highest BCUT2D eigenvalue weighted by Crippen LogP contribution is 2.38. The molecule has 2 N–H and O–H groups in total. The molecule has 168 valence electrons. The van der Waals surface area contributed by atoms with Crippen molar-refractivity contribution in [1.82, 2.24) is 9.97 Å². The smallest absolute Gasteiger partial charge is 0.258 e. The number of nitriles is 1. The summed E-state index contributed by atoms with van der Waals surface area (Å²) in [5, 5.41) is 12.5. The Morgan fingerprint density at radius 2 is 1.81 bits per heavy atom. The van der Waals surface area contributed by atoms with Gasteiger partial charge in [-0.25, -0.2) is 0 Å². The van der Waals surface area contributed by atoms with Crippen LogP contribution in [0.25, 0.3) is 0 Å². The molecule has 8 heteroatoms. The number of aromatic nitrogens is 2. The standard InChI is InChI=1S/C24H30N6O2/c1-4-29(5-2)17-8-6-16(7-9-17)19-18(14-25)22(31)26-21-20(19)23(32)28-24(27-21)30-12-10-15(3)11-13-30/h6-9,15,18-19H,4-5,10-13H2,1-3H3,(H2,26,27,28,31,32). The van der Waals surface area contributed by atoms with E-state index in [4.69, 9.17) is 0 Å². The van der Waals surface area contributed by atoms with E-state index in [1.165, 1.54) is 0 Å². The molecule has 2 atom stereocenters. The van der Waals surface area contributed by atoms with Gasteiger partial charge in [-0.2, -0.15) is 10.2 Å². The van der Waals surface area contributed by atoms with Gasteiger partial charge in [-0.15, -0.1) is 0 Å². The molecule has 3 heterocycles. The lowest BCUT2D eigenvalue weighted by Crippen LogP contribution is -2.40. The number of carbonyl (C=O) groups is 1. The van der Waals surface area contributed by atoms with Crippen molar-refractivity contribution in [3.05, 3.63) is 45.7 Å². The van der Waals surface area contributed by atoms with Crippen LogP contribution in [0.1, 0.15) is 50.7 Å². The molecule has 1 saturated heterocycles. The van der Waals surface area contributed by atoms with Crippen LogP contribution in [-0.4, -0.2) is 42.1 Å². The number of aromatic amines is 1. The minimum atomic E-state index is -0.994. The Labute approximate surface area is 188 Å². The van der Waals surface area contributed by atoms with Gasteiger partial charge in [0.25, 0.3) is 5.56 Å². The van der Waals surface area contributed by atoms with Crippen LogP contribution in [0, 0.1) is 23.2 Å². The summed E-state index contributed by atoms with van der Waals surface area (Å²) in [6.45, 7) is 9.80. The number of rotatable bonds is 5. The van der Waals surface area contributed by atoms with Gasteiger partial charge in [0.2, 0.25) is 11.9 Å². The maximum Gasteiger partial charge on any atom is 0.258 e. The van der Waals surface area contributed by atoms with E-state index in [-0.39, 0.29) is 11.4 Å². The largest absolute Gasteiger partial charge is 0.372 e. The Morgan fingerprint density at radius 1 is 1.16 bits per heavy atom. The molecule has 0 aliphatic carbocycles. The molecule has 1 amide bonds. The first-order valence-corrected chi connectivity index (χ1v) is 11.4. The van der Waals surface area contributed by atoms with Crippen LogP contribution in [0.3, 0.4) is 0 Å². The highest BCUT2D eigenvalue weighted by molar-refractivity contribution is 5.98. The lowest BCUT2D eigenvalue weighted by Gasteiger charge is -2.33. The van der Waals surface area contributed by atoms with Crippen molar-refractivity contribution >= 4 is 23.4 Å². The normalized spacial score (nSPS) is 20.9. The van der Waals surface area contributed by atoms with Crippen molar-refractivity contribution in [3.8, 4) is 6.07 Å². The third kappa shape index (κ3) is 3.95. The van der Waals surface area contributed by atoms with E-state index in [0.717, 1.165) is 50.3 Å². The molecule has 2 aliphatic rings. The highest BCUT2D eigenvalue weighted by Gasteiger charge is 2.40. The number of benzene rings is 1. The van der Waals surface area contributed by atoms with E-state index in [2.05, 4.69) is 51.9 Å². The molecule has 2 aromatic rings. The Bertz CT molecular complexity index is 1080. The number of fused-ring (bicyclic) bond motifs is 1. The lowest BCUT2D eigenvalue weighted by atomic mass is 9.79. The summed E-state index contributed by atoms with van der Waals surface area (Å²) in [5.74, 6) is -0.694. The fourth-order valence-corrected chi connectivity index (χ4v) is 4.71. The minimum absolute atomic E-state index is 0.261. The molecular weight excluding hydrogens is 404 g/mol. The quantitative estimate of drug-likeness (QED) is 0.749. The first kappa shape index (κ1) is 21.9. The van der Waals surface area contributed by atoms with E-state index >= 15 is 0 Å². The van der Waals surface area contributed by atoms with Gasteiger partial charge in [-0.1, -0.05) is 19.1 Å². The maximum atomic E-state index is 13.2. The predicted octanol–water partition coefficient (Wildman–Crippen LogP) is 3.08. The second-order valence-electron chi connectivity index (χ2n) is 8.66. The molecule has 2 aliphatic heterocycles. The zero-order chi connectivity index (χ0) is 22.8. The molecule has 8 nitrogen and oxygen atoms in total. The van der Waals surface area contributed by atoms with Crippen LogP contribution in [0.15, 0.2) is 29.1 Å². The van der Waals surface area contributed by atoms with Gasteiger partial charge in [-0.05, 0) is 50.3 Å². The van der Waals surface area contributed by atoms with Gasteiger partial charge in [0.05, 0.1) is 11.6 Å². The number of amides is 1. The molecule has 32 heavy (non-hydrogen) atoms. The zero-order valence-electron chi connectivity index (χ0n) is 18.9. The second-order valence-corrected chi connectivity index (χ2v) is 8.66. The van der Waals surface area contributed by atoms with Gasteiger partial charge >= 0.3 is 0 Å². The minimum Gasteiger partial charge on any atom is -0.372 e. The van der Waals surface area contributed by atoms with Crippen LogP contribution in [0.2, 0.25) is 0 Å². The first-order valence-electron chi connectivity index (χ1n) is 11.4. The molecule has 0 radical (unpaired) electrons. The summed E-state index contributed by atoms with van der Waals surface area (Å²) < 4.78 is 0. The topological polar surface area (TPSA) is 105 Å². The van der Waals surface area contributed by atoms with E-state index in [0.29, 0.717) is 17.4 Å². The van der Waals surface area contributed by atoms with Gasteiger partial charge < -0.3 is 15.1 Å². The summed E-state index contributed by atoms with van der Waals surface area (Å²) in [6.07, 6.45) is 2.07. The number of nitrogens with zero attached hydrogens (tertiary/aromatic N) is 4. The van der Waals surface area contributed by atoms with Crippen molar-refractivity contribution in [2.45, 2.75) is 39.5 Å². The number of H-pyrrole nitrogens is 1. The Hall–Kier alpha value is -3.34. The maximum absolute atomic E-state index is 13.2. The van der Waals surface area contributed by atoms with Crippen molar-refractivity contribution in [1.29, 1.82) is 5.26 Å². The van der Waals surface area contributed by atoms with Crippen LogP contribution < -0.4 is 20.7 Å². The molecule has 1 fully saturated rings. The van der Waals surface area contributed by atoms with Gasteiger partial charge in [0, 0.05) is 37.8 Å². The zero-order valence-corrected chi connectivity index (χ0v) is 18.9. The molecule has 4 rings (SSSR count). The molecule has 1 aromatic heterocycles. The Morgan fingerprint density at radius 3 is 2.41 bits per heavy atom. The van der Waals surface area contributed by atoms with Gasteiger partial charge in [-0.3, -0.25) is 14.6 Å². The molecule has 1 aromatic carbocycles. The number of hydrogen-bond acceptors (Lipinski definition) is 6. The molecular formula is C24H30N6O2. The summed E-state index contributed by atoms with van der Waals surface area (Å²) in [6, 6.07) is 9.87. The van der Waals surface area contributed by atoms with Crippen LogP contribution >= 0.6 is 0 Å². The molecule has 0 saturated carbocycles. The van der Waals surface area contributed by atoms with E-state index in [1.807, 2.05) is 24.3 Å². The lowest BCUT2D eigenvalue weighted by molar-refractivity contribution is -0.119. The number of carbonyl (C=O) groups excluding carboxylic acids is 1. The van der Waals surface area contributed by atoms with Gasteiger partial charge in [0.15, 0.2) is 0 Å². The fourth-order valence-electron chi connectivity index (χ4n) is 4.71. The van der Waals surface area contributed by atoms with E-state index in [1.54, 1.807) is 0 Å². The number of nitrogens with one attached hydrogen (secondary N) is 2. The van der Waals surface area contributed by atoms with Crippen LogP contribution in [0.5, 0.6) is 0 Å². The van der Waals surface area contributed by atoms with E-state index in [9.17, 15) is 14.9 Å². The van der Waals surface area contributed by atoms with Gasteiger partial charge in [0.1, 0.15) is 11.7 Å². The Balaban J connectivity index is 1.74. The third-order valence-electron chi connectivity index (χ3n) is 6.71. The van der Waals surface area contributed by atoms with Crippen LogP contribution in [0.4, 0.5) is 17.5 Å². The highest BCUT2D eigenvalue weighted by atomic mass is 16.2. The number of hydrogen-bond donors (Lipinski definition) is 2. The predicted molar refractivity (Wildman–Crippen MR) is 125 cm³/mol. The summed E-state index contributed by atoms with van der Waals surface area (Å²) >= 11 is 0. The molecule has 0 bridgehead atoms.